The van der Waals surface area contributed by atoms with Crippen molar-refractivity contribution in [2.45, 2.75) is 340 Å². The van der Waals surface area contributed by atoms with E-state index in [1.165, 1.54) is 148 Å². The second-order valence-electron chi connectivity index (χ2n) is 21.7. The van der Waals surface area contributed by atoms with E-state index < -0.39 is 67.3 Å². The number of carboxylic acid groups (broad SMARTS) is 1. The van der Waals surface area contributed by atoms with E-state index in [4.69, 9.17) is 23.7 Å². The van der Waals surface area contributed by atoms with Crippen molar-refractivity contribution in [2.24, 2.45) is 0 Å². The number of carbonyl (C=O) groups is 4. The molecule has 75 heavy (non-hydrogen) atoms. The number of aliphatic hydroxyl groups excluding tert-OH is 2. The standard InChI is InChI=1S/C63H114O12/c1-4-7-10-13-16-19-22-25-28-31-34-37-40-43-46-49-55(64)71-52-54(73-56(65)50-47-44-41-38-35-32-29-26-23-20-17-14-11-8-5-2)53-72-63-61(59(68)58(67)60(75-63)62(69)70)74-57(66)51-48-45-42-39-36-33-30-27-24-21-18-15-12-9-6-3/h25,27-28,30,54,58-61,63,67-68H,4-24,26,29,31-53H2,1-3H3,(H,69,70)/b28-25-,30-27-. The van der Waals surface area contributed by atoms with E-state index >= 15 is 0 Å². The Morgan fingerprint density at radius 3 is 1.13 bits per heavy atom. The molecule has 0 saturated carbocycles. The summed E-state index contributed by atoms with van der Waals surface area (Å²) in [6, 6.07) is 0. The molecule has 3 N–H and O–H groups in total. The summed E-state index contributed by atoms with van der Waals surface area (Å²) in [7, 11) is 0. The second-order valence-corrected chi connectivity index (χ2v) is 21.7. The third-order valence-electron chi connectivity index (χ3n) is 14.5. The van der Waals surface area contributed by atoms with E-state index in [9.17, 15) is 34.5 Å². The summed E-state index contributed by atoms with van der Waals surface area (Å²) in [5.74, 6) is -3.11. The summed E-state index contributed by atoms with van der Waals surface area (Å²) in [6.45, 7) is 6.01. The second kappa shape index (κ2) is 51.9. The van der Waals surface area contributed by atoms with Crippen molar-refractivity contribution in [3.63, 3.8) is 0 Å². The molecule has 12 heteroatoms. The third-order valence-corrected chi connectivity index (χ3v) is 14.5. The molecule has 6 unspecified atom stereocenters. The number of carboxylic acids is 1. The summed E-state index contributed by atoms with van der Waals surface area (Å²) in [4.78, 5) is 51.2. The lowest BCUT2D eigenvalue weighted by Gasteiger charge is -2.40. The highest BCUT2D eigenvalue weighted by molar-refractivity contribution is 5.74. The van der Waals surface area contributed by atoms with Gasteiger partial charge in [-0.15, -0.1) is 0 Å². The fourth-order valence-corrected chi connectivity index (χ4v) is 9.65. The molecule has 0 spiro atoms. The van der Waals surface area contributed by atoms with Crippen LogP contribution in [0.3, 0.4) is 0 Å². The Hall–Kier alpha value is -2.80. The van der Waals surface area contributed by atoms with Gasteiger partial charge in [0.15, 0.2) is 24.6 Å². The van der Waals surface area contributed by atoms with E-state index in [-0.39, 0.29) is 25.9 Å². The first-order chi connectivity index (χ1) is 36.6. The Morgan fingerprint density at radius 1 is 0.427 bits per heavy atom. The summed E-state index contributed by atoms with van der Waals surface area (Å²) >= 11 is 0. The van der Waals surface area contributed by atoms with Crippen molar-refractivity contribution in [1.29, 1.82) is 0 Å². The van der Waals surface area contributed by atoms with Gasteiger partial charge in [0.2, 0.25) is 0 Å². The fraction of sp³-hybridized carbons (Fsp3) is 0.873. The molecule has 0 aromatic heterocycles. The number of hydrogen-bond acceptors (Lipinski definition) is 11. The summed E-state index contributed by atoms with van der Waals surface area (Å²) in [5, 5.41) is 31.5. The Morgan fingerprint density at radius 2 is 0.760 bits per heavy atom. The van der Waals surface area contributed by atoms with Crippen LogP contribution in [0.2, 0.25) is 0 Å². The number of hydrogen-bond donors (Lipinski definition) is 3. The number of allylic oxidation sites excluding steroid dienone is 4. The molecule has 438 valence electrons. The van der Waals surface area contributed by atoms with Crippen LogP contribution in [0.25, 0.3) is 0 Å². The van der Waals surface area contributed by atoms with Crippen LogP contribution in [0, 0.1) is 0 Å². The molecule has 1 saturated heterocycles. The van der Waals surface area contributed by atoms with Crippen LogP contribution < -0.4 is 0 Å². The van der Waals surface area contributed by atoms with Gasteiger partial charge < -0.3 is 39.0 Å². The van der Waals surface area contributed by atoms with E-state index in [2.05, 4.69) is 45.1 Å². The van der Waals surface area contributed by atoms with Gasteiger partial charge in [-0.2, -0.15) is 0 Å². The van der Waals surface area contributed by atoms with Crippen molar-refractivity contribution >= 4 is 23.9 Å². The highest BCUT2D eigenvalue weighted by Gasteiger charge is 2.50. The van der Waals surface area contributed by atoms with E-state index in [0.29, 0.717) is 19.3 Å². The zero-order chi connectivity index (χ0) is 54.7. The maximum absolute atomic E-state index is 13.2. The number of rotatable bonds is 54. The molecule has 0 amide bonds. The summed E-state index contributed by atoms with van der Waals surface area (Å²) in [5.41, 5.74) is 0. The zero-order valence-electron chi connectivity index (χ0n) is 48.3. The van der Waals surface area contributed by atoms with Gasteiger partial charge in [0.05, 0.1) is 6.61 Å². The van der Waals surface area contributed by atoms with Gasteiger partial charge in [0, 0.05) is 19.3 Å². The molecule has 1 aliphatic rings. The van der Waals surface area contributed by atoms with Crippen LogP contribution in [0.4, 0.5) is 0 Å². The fourth-order valence-electron chi connectivity index (χ4n) is 9.65. The Kier molecular flexibility index (Phi) is 48.6. The molecule has 0 aromatic carbocycles. The van der Waals surface area contributed by atoms with Crippen LogP contribution in [-0.2, 0) is 42.9 Å². The first kappa shape index (κ1) is 70.2. The lowest BCUT2D eigenvalue weighted by molar-refractivity contribution is -0.301. The van der Waals surface area contributed by atoms with Crippen LogP contribution in [-0.4, -0.2) is 89.2 Å². The minimum absolute atomic E-state index is 0.0543. The minimum atomic E-state index is -1.90. The highest BCUT2D eigenvalue weighted by Crippen LogP contribution is 2.27. The van der Waals surface area contributed by atoms with Crippen molar-refractivity contribution in [3.8, 4) is 0 Å². The molecular formula is C63H114O12. The highest BCUT2D eigenvalue weighted by atomic mass is 16.7. The largest absolute Gasteiger partial charge is 0.479 e. The quantitative estimate of drug-likeness (QED) is 0.0228. The van der Waals surface area contributed by atoms with Gasteiger partial charge in [-0.3, -0.25) is 14.4 Å². The molecule has 0 radical (unpaired) electrons. The number of aliphatic carboxylic acids is 1. The number of carbonyl (C=O) groups excluding carboxylic acids is 3. The lowest BCUT2D eigenvalue weighted by atomic mass is 9.98. The predicted octanol–water partition coefficient (Wildman–Crippen LogP) is 16.2. The number of esters is 3. The summed E-state index contributed by atoms with van der Waals surface area (Å²) in [6.07, 6.45) is 47.1. The van der Waals surface area contributed by atoms with E-state index in [1.54, 1.807) is 0 Å². The third kappa shape index (κ3) is 41.9. The first-order valence-electron chi connectivity index (χ1n) is 31.3. The zero-order valence-corrected chi connectivity index (χ0v) is 48.3. The molecular weight excluding hydrogens is 949 g/mol. The maximum Gasteiger partial charge on any atom is 0.335 e. The number of ether oxygens (including phenoxy) is 5. The molecule has 6 atom stereocenters. The molecule has 1 aliphatic heterocycles. The minimum Gasteiger partial charge on any atom is -0.479 e. The van der Waals surface area contributed by atoms with E-state index in [0.717, 1.165) is 96.3 Å². The molecule has 0 aromatic rings. The first-order valence-corrected chi connectivity index (χ1v) is 31.3. The predicted molar refractivity (Wildman–Crippen MR) is 303 cm³/mol. The molecule has 12 nitrogen and oxygen atoms in total. The smallest absolute Gasteiger partial charge is 0.335 e. The van der Waals surface area contributed by atoms with Crippen molar-refractivity contribution in [2.75, 3.05) is 13.2 Å². The van der Waals surface area contributed by atoms with Crippen LogP contribution >= 0.6 is 0 Å². The molecule has 1 heterocycles. The Labute approximate surface area is 458 Å². The molecule has 0 bridgehead atoms. The lowest BCUT2D eigenvalue weighted by Crippen LogP contribution is -2.61. The van der Waals surface area contributed by atoms with Crippen LogP contribution in [0.1, 0.15) is 303 Å². The normalized spacial score (nSPS) is 18.2. The van der Waals surface area contributed by atoms with E-state index in [1.807, 2.05) is 0 Å². The average Bonchev–Trinajstić information content (AvgIpc) is 3.39. The SMILES string of the molecule is CCCCCCCC/C=C\CCCCCCCC(=O)OCC(COC1OC(C(=O)O)C(O)C(O)C1OC(=O)CCCCCCC/C=C\CCCCCCCC)OC(=O)CCCCCCCCCCCCCCCCC. The van der Waals surface area contributed by atoms with Gasteiger partial charge in [-0.05, 0) is 70.6 Å². The van der Waals surface area contributed by atoms with Crippen molar-refractivity contribution < 1.29 is 58.2 Å². The molecule has 1 fully saturated rings. The Balaban J connectivity index is 2.67. The summed E-state index contributed by atoms with van der Waals surface area (Å²) < 4.78 is 28.5. The van der Waals surface area contributed by atoms with Crippen molar-refractivity contribution in [1.82, 2.24) is 0 Å². The molecule has 0 aliphatic carbocycles. The van der Waals surface area contributed by atoms with Gasteiger partial charge in [-0.25, -0.2) is 4.79 Å². The molecule has 1 rings (SSSR count). The number of unbranched alkanes of at least 4 members (excludes halogenated alkanes) is 36. The van der Waals surface area contributed by atoms with Gasteiger partial charge in [0.25, 0.3) is 0 Å². The Bertz CT molecular complexity index is 1400. The van der Waals surface area contributed by atoms with Crippen molar-refractivity contribution in [3.05, 3.63) is 24.3 Å². The number of aliphatic hydroxyl groups is 2. The van der Waals surface area contributed by atoms with Crippen LogP contribution in [0.15, 0.2) is 24.3 Å². The average molecular weight is 1060 g/mol. The van der Waals surface area contributed by atoms with Gasteiger partial charge in [-0.1, -0.05) is 238 Å². The van der Waals surface area contributed by atoms with Gasteiger partial charge >= 0.3 is 23.9 Å². The topological polar surface area (TPSA) is 175 Å². The monoisotopic (exact) mass is 1060 g/mol. The maximum atomic E-state index is 13.2. The van der Waals surface area contributed by atoms with Gasteiger partial charge in [0.1, 0.15) is 18.8 Å². The van der Waals surface area contributed by atoms with Crippen LogP contribution in [0.5, 0.6) is 0 Å².